The first kappa shape index (κ1) is 18.9. The van der Waals surface area contributed by atoms with Crippen molar-refractivity contribution in [3.8, 4) is 0 Å². The topological polar surface area (TPSA) is 92.2 Å². The highest BCUT2D eigenvalue weighted by atomic mass is 35.5. The van der Waals surface area contributed by atoms with Crippen LogP contribution in [0.2, 0.25) is 0 Å². The van der Waals surface area contributed by atoms with Gasteiger partial charge < -0.3 is 15.0 Å². The molecule has 9 heteroatoms. The SMILES string of the molecule is Cc1nc2c(c(C)c1CC(=O)N1CCO[C@H]3CNC[C@H]31)c(=O)[nH]n2C.Cl. The minimum atomic E-state index is -0.164. The first-order valence-corrected chi connectivity index (χ1v) is 8.64. The minimum Gasteiger partial charge on any atom is -0.373 e. The van der Waals surface area contributed by atoms with Gasteiger partial charge in [0, 0.05) is 32.4 Å². The van der Waals surface area contributed by atoms with Crippen molar-refractivity contribution in [1.82, 2.24) is 25.0 Å². The molecule has 0 radical (unpaired) electrons. The minimum absolute atomic E-state index is 0. The van der Waals surface area contributed by atoms with E-state index in [-0.39, 0.29) is 42.4 Å². The molecule has 0 spiro atoms. The molecule has 8 nitrogen and oxygen atoms in total. The van der Waals surface area contributed by atoms with E-state index in [4.69, 9.17) is 4.74 Å². The monoisotopic (exact) mass is 381 g/mol. The van der Waals surface area contributed by atoms with Gasteiger partial charge >= 0.3 is 0 Å². The zero-order valence-electron chi connectivity index (χ0n) is 15.2. The molecule has 26 heavy (non-hydrogen) atoms. The lowest BCUT2D eigenvalue weighted by molar-refractivity contribution is -0.142. The molecule has 4 rings (SSSR count). The zero-order chi connectivity index (χ0) is 17.7. The largest absolute Gasteiger partial charge is 0.373 e. The Morgan fingerprint density at radius 2 is 2.12 bits per heavy atom. The van der Waals surface area contributed by atoms with Gasteiger partial charge in [-0.3, -0.25) is 19.4 Å². The van der Waals surface area contributed by atoms with E-state index in [1.165, 1.54) is 0 Å². The van der Waals surface area contributed by atoms with Crippen LogP contribution in [0.4, 0.5) is 0 Å². The predicted octanol–water partition coefficient (Wildman–Crippen LogP) is 0.0419. The van der Waals surface area contributed by atoms with Gasteiger partial charge in [0.05, 0.1) is 30.6 Å². The van der Waals surface area contributed by atoms with Gasteiger partial charge in [-0.2, -0.15) is 0 Å². The van der Waals surface area contributed by atoms with E-state index in [1.54, 1.807) is 11.7 Å². The van der Waals surface area contributed by atoms with E-state index in [2.05, 4.69) is 15.4 Å². The van der Waals surface area contributed by atoms with Crippen LogP contribution in [0.3, 0.4) is 0 Å². The maximum atomic E-state index is 13.0. The molecule has 1 amide bonds. The van der Waals surface area contributed by atoms with Gasteiger partial charge in [0.2, 0.25) is 5.91 Å². The standard InChI is InChI=1S/C17H23N5O3.ClH/c1-9-11(10(2)19-16-15(9)17(24)20-21(16)3)6-14(23)22-4-5-25-13-8-18-7-12(13)22;/h12-13,18H,4-8H2,1-3H3,(H,20,24);1H/t12-,13+;/m1./s1. The van der Waals surface area contributed by atoms with Crippen LogP contribution in [0, 0.1) is 13.8 Å². The molecule has 4 heterocycles. The summed E-state index contributed by atoms with van der Waals surface area (Å²) in [6.07, 6.45) is 0.343. The number of ether oxygens (including phenoxy) is 1. The molecule has 0 aromatic carbocycles. The normalized spacial score (nSPS) is 22.3. The number of nitrogens with one attached hydrogen (secondary N) is 2. The van der Waals surface area contributed by atoms with Crippen molar-refractivity contribution in [3.63, 3.8) is 0 Å². The number of carbonyl (C=O) groups excluding carboxylic acids is 1. The molecule has 2 fully saturated rings. The van der Waals surface area contributed by atoms with Crippen LogP contribution in [0.1, 0.15) is 16.8 Å². The Morgan fingerprint density at radius 3 is 2.88 bits per heavy atom. The molecule has 2 aromatic rings. The van der Waals surface area contributed by atoms with Gasteiger partial charge in [-0.05, 0) is 25.0 Å². The number of aromatic nitrogens is 3. The smallest absolute Gasteiger partial charge is 0.273 e. The maximum absolute atomic E-state index is 13.0. The second-order valence-electron chi connectivity index (χ2n) is 6.90. The summed E-state index contributed by atoms with van der Waals surface area (Å²) in [6.45, 7) is 6.53. The Hall–Kier alpha value is -1.90. The number of aryl methyl sites for hydroxylation is 3. The zero-order valence-corrected chi connectivity index (χ0v) is 16.0. The molecular weight excluding hydrogens is 358 g/mol. The number of rotatable bonds is 2. The van der Waals surface area contributed by atoms with Gasteiger partial charge in [-0.25, -0.2) is 4.98 Å². The Morgan fingerprint density at radius 1 is 1.35 bits per heavy atom. The molecule has 2 N–H and O–H groups in total. The lowest BCUT2D eigenvalue weighted by Crippen LogP contribution is -2.53. The van der Waals surface area contributed by atoms with Crippen LogP contribution in [0.25, 0.3) is 11.0 Å². The average Bonchev–Trinajstić information content (AvgIpc) is 3.15. The van der Waals surface area contributed by atoms with Gasteiger partial charge in [0.15, 0.2) is 5.65 Å². The van der Waals surface area contributed by atoms with Crippen molar-refractivity contribution < 1.29 is 9.53 Å². The second kappa shape index (κ2) is 7.02. The molecule has 2 aliphatic rings. The van der Waals surface area contributed by atoms with Crippen LogP contribution < -0.4 is 10.9 Å². The number of morpholine rings is 1. The average molecular weight is 382 g/mol. The fourth-order valence-electron chi connectivity index (χ4n) is 4.06. The predicted molar refractivity (Wildman–Crippen MR) is 99.9 cm³/mol. The van der Waals surface area contributed by atoms with Crippen LogP contribution in [-0.2, 0) is 23.0 Å². The van der Waals surface area contributed by atoms with Crippen LogP contribution in [-0.4, -0.2) is 64.0 Å². The quantitative estimate of drug-likeness (QED) is 0.766. The lowest BCUT2D eigenvalue weighted by atomic mass is 10.0. The number of fused-ring (bicyclic) bond motifs is 2. The number of pyridine rings is 1. The number of carbonyl (C=O) groups is 1. The number of nitrogens with zero attached hydrogens (tertiary/aromatic N) is 3. The van der Waals surface area contributed by atoms with Gasteiger partial charge in [0.1, 0.15) is 0 Å². The fraction of sp³-hybridized carbons (Fsp3) is 0.588. The van der Waals surface area contributed by atoms with Gasteiger partial charge in [-0.1, -0.05) is 0 Å². The van der Waals surface area contributed by atoms with Crippen molar-refractivity contribution >= 4 is 29.3 Å². The van der Waals surface area contributed by atoms with Crippen LogP contribution in [0.15, 0.2) is 4.79 Å². The van der Waals surface area contributed by atoms with Crippen molar-refractivity contribution in [1.29, 1.82) is 0 Å². The number of halogens is 1. The Balaban J connectivity index is 0.00000196. The molecule has 0 bridgehead atoms. The third-order valence-corrected chi connectivity index (χ3v) is 5.42. The fourth-order valence-corrected chi connectivity index (χ4v) is 4.06. The summed E-state index contributed by atoms with van der Waals surface area (Å²) in [4.78, 5) is 31.6. The molecule has 2 saturated heterocycles. The Bertz CT molecular complexity index is 906. The summed E-state index contributed by atoms with van der Waals surface area (Å²) < 4.78 is 7.36. The molecule has 2 atom stereocenters. The second-order valence-corrected chi connectivity index (χ2v) is 6.90. The molecule has 0 unspecified atom stereocenters. The first-order chi connectivity index (χ1) is 12.0. The van der Waals surface area contributed by atoms with Crippen molar-refractivity contribution in [2.24, 2.45) is 7.05 Å². The Labute approximate surface area is 157 Å². The molecule has 0 aliphatic carbocycles. The summed E-state index contributed by atoms with van der Waals surface area (Å²) in [5.74, 6) is 0.0710. The van der Waals surface area contributed by atoms with E-state index in [0.29, 0.717) is 24.2 Å². The summed E-state index contributed by atoms with van der Waals surface area (Å²) in [6, 6.07) is 0.0960. The highest BCUT2D eigenvalue weighted by Gasteiger charge is 2.38. The number of hydrogen-bond acceptors (Lipinski definition) is 5. The lowest BCUT2D eigenvalue weighted by Gasteiger charge is -2.37. The highest BCUT2D eigenvalue weighted by Crippen LogP contribution is 2.23. The number of aromatic amines is 1. The van der Waals surface area contributed by atoms with Crippen molar-refractivity contribution in [2.45, 2.75) is 32.4 Å². The summed E-state index contributed by atoms with van der Waals surface area (Å²) in [7, 11) is 1.77. The molecular formula is C17H24ClN5O3. The summed E-state index contributed by atoms with van der Waals surface area (Å²) in [5, 5.41) is 6.59. The summed E-state index contributed by atoms with van der Waals surface area (Å²) in [5.41, 5.74) is 2.95. The van der Waals surface area contributed by atoms with Gasteiger partial charge in [-0.15, -0.1) is 12.4 Å². The Kier molecular flexibility index (Phi) is 5.09. The van der Waals surface area contributed by atoms with E-state index in [1.807, 2.05) is 18.7 Å². The molecule has 2 aliphatic heterocycles. The van der Waals surface area contributed by atoms with Gasteiger partial charge in [0.25, 0.3) is 5.56 Å². The van der Waals surface area contributed by atoms with E-state index < -0.39 is 0 Å². The first-order valence-electron chi connectivity index (χ1n) is 8.64. The maximum Gasteiger partial charge on any atom is 0.273 e. The van der Waals surface area contributed by atoms with E-state index in [0.717, 1.165) is 29.9 Å². The molecule has 142 valence electrons. The molecule has 2 aromatic heterocycles. The number of H-pyrrole nitrogens is 1. The van der Waals surface area contributed by atoms with E-state index in [9.17, 15) is 9.59 Å². The highest BCUT2D eigenvalue weighted by molar-refractivity contribution is 5.85. The molecule has 0 saturated carbocycles. The van der Waals surface area contributed by atoms with Crippen LogP contribution in [0.5, 0.6) is 0 Å². The van der Waals surface area contributed by atoms with Crippen molar-refractivity contribution in [2.75, 3.05) is 26.2 Å². The number of hydrogen-bond donors (Lipinski definition) is 2. The summed E-state index contributed by atoms with van der Waals surface area (Å²) >= 11 is 0. The van der Waals surface area contributed by atoms with E-state index >= 15 is 0 Å². The van der Waals surface area contributed by atoms with Crippen molar-refractivity contribution in [3.05, 3.63) is 27.2 Å². The third kappa shape index (κ3) is 2.91. The third-order valence-electron chi connectivity index (χ3n) is 5.42. The number of amides is 1. The van der Waals surface area contributed by atoms with Crippen LogP contribution >= 0.6 is 12.4 Å².